The Labute approximate surface area is 117 Å². The maximum Gasteiger partial charge on any atom is 0.0317 e. The van der Waals surface area contributed by atoms with Crippen LogP contribution in [0.15, 0.2) is 15.9 Å². The Morgan fingerprint density at radius 2 is 2.18 bits per heavy atom. The Balaban J connectivity index is 2.11. The second kappa shape index (κ2) is 6.91. The number of rotatable bonds is 4. The minimum absolute atomic E-state index is 0.687. The molecule has 17 heavy (non-hydrogen) atoms. The topological polar surface area (TPSA) is 12.0 Å². The van der Waals surface area contributed by atoms with Crippen LogP contribution in [-0.4, -0.2) is 12.6 Å². The molecule has 3 heteroatoms. The van der Waals surface area contributed by atoms with Gasteiger partial charge in [0.2, 0.25) is 0 Å². The lowest BCUT2D eigenvalue weighted by atomic mass is 9.93. The zero-order chi connectivity index (χ0) is 12.1. The lowest BCUT2D eigenvalue weighted by molar-refractivity contribution is 0.414. The minimum Gasteiger partial charge on any atom is -0.313 e. The maximum atomic E-state index is 3.76. The van der Waals surface area contributed by atoms with E-state index in [1.54, 1.807) is 4.88 Å². The molecule has 0 spiro atoms. The molecule has 2 rings (SSSR count). The lowest BCUT2D eigenvalue weighted by Gasteiger charge is -2.26. The van der Waals surface area contributed by atoms with Crippen molar-refractivity contribution in [2.45, 2.75) is 57.4 Å². The van der Waals surface area contributed by atoms with Crippen molar-refractivity contribution in [2.24, 2.45) is 0 Å². The van der Waals surface area contributed by atoms with Gasteiger partial charge in [-0.05, 0) is 53.2 Å². The third-order valence-electron chi connectivity index (χ3n) is 3.65. The molecule has 1 aromatic heterocycles. The van der Waals surface area contributed by atoms with Gasteiger partial charge in [0.15, 0.2) is 0 Å². The molecule has 0 amide bonds. The summed E-state index contributed by atoms with van der Waals surface area (Å²) < 4.78 is 1.32. The first-order valence-corrected chi connectivity index (χ1v) is 8.46. The van der Waals surface area contributed by atoms with E-state index in [0.29, 0.717) is 6.04 Å². The van der Waals surface area contributed by atoms with E-state index in [-0.39, 0.29) is 0 Å². The summed E-state index contributed by atoms with van der Waals surface area (Å²) in [5.41, 5.74) is 0. The van der Waals surface area contributed by atoms with Crippen molar-refractivity contribution in [3.05, 3.63) is 20.8 Å². The standard InChI is InChI=1S/C14H22BrNS/c1-2-9-16-13-7-5-3-4-6-11(13)14-12(15)8-10-17-14/h8,10-11,13,16H,2-7,9H2,1H3. The fraction of sp³-hybridized carbons (Fsp3) is 0.714. The summed E-state index contributed by atoms with van der Waals surface area (Å²) in [5, 5.41) is 5.97. The molecule has 0 aromatic carbocycles. The lowest BCUT2D eigenvalue weighted by Crippen LogP contribution is -2.34. The van der Waals surface area contributed by atoms with E-state index in [2.05, 4.69) is 39.6 Å². The van der Waals surface area contributed by atoms with Crippen molar-refractivity contribution in [3.63, 3.8) is 0 Å². The summed E-state index contributed by atoms with van der Waals surface area (Å²) in [5.74, 6) is 0.721. The fourth-order valence-corrected chi connectivity index (χ4v) is 4.64. The van der Waals surface area contributed by atoms with E-state index < -0.39 is 0 Å². The van der Waals surface area contributed by atoms with Gasteiger partial charge >= 0.3 is 0 Å². The fourth-order valence-electron chi connectivity index (χ4n) is 2.77. The van der Waals surface area contributed by atoms with Gasteiger partial charge in [-0.15, -0.1) is 11.3 Å². The summed E-state index contributed by atoms with van der Waals surface area (Å²) in [4.78, 5) is 1.56. The number of hydrogen-bond acceptors (Lipinski definition) is 2. The third kappa shape index (κ3) is 3.55. The molecule has 1 aliphatic rings. The van der Waals surface area contributed by atoms with Gasteiger partial charge in [0, 0.05) is 21.3 Å². The average molecular weight is 316 g/mol. The molecule has 0 bridgehead atoms. The van der Waals surface area contributed by atoms with Crippen LogP contribution in [0.4, 0.5) is 0 Å². The Hall–Kier alpha value is 0.140. The molecule has 1 N–H and O–H groups in total. The van der Waals surface area contributed by atoms with Crippen molar-refractivity contribution in [2.75, 3.05) is 6.54 Å². The van der Waals surface area contributed by atoms with Gasteiger partial charge in [-0.2, -0.15) is 0 Å². The monoisotopic (exact) mass is 315 g/mol. The van der Waals surface area contributed by atoms with Crippen LogP contribution in [0.3, 0.4) is 0 Å². The highest BCUT2D eigenvalue weighted by Gasteiger charge is 2.26. The van der Waals surface area contributed by atoms with Crippen molar-refractivity contribution in [3.8, 4) is 0 Å². The Kier molecular flexibility index (Phi) is 5.51. The van der Waals surface area contributed by atoms with Gasteiger partial charge in [0.1, 0.15) is 0 Å². The Bertz CT molecular complexity index is 337. The second-order valence-electron chi connectivity index (χ2n) is 4.94. The summed E-state index contributed by atoms with van der Waals surface area (Å²) in [7, 11) is 0. The molecule has 0 aliphatic heterocycles. The zero-order valence-electron chi connectivity index (χ0n) is 10.5. The Morgan fingerprint density at radius 1 is 1.35 bits per heavy atom. The number of hydrogen-bond donors (Lipinski definition) is 1. The number of halogens is 1. The molecule has 2 unspecified atom stereocenters. The molecule has 96 valence electrons. The molecule has 2 atom stereocenters. The molecule has 1 nitrogen and oxygen atoms in total. The summed E-state index contributed by atoms with van der Waals surface area (Å²) in [6.07, 6.45) is 8.11. The Morgan fingerprint density at radius 3 is 2.88 bits per heavy atom. The van der Waals surface area contributed by atoms with Crippen molar-refractivity contribution in [1.82, 2.24) is 5.32 Å². The summed E-state index contributed by atoms with van der Waals surface area (Å²) in [6.45, 7) is 3.41. The van der Waals surface area contributed by atoms with Gasteiger partial charge < -0.3 is 5.32 Å². The SMILES string of the molecule is CCCNC1CCCCCC1c1sccc1Br. The second-order valence-corrected chi connectivity index (χ2v) is 6.74. The van der Waals surface area contributed by atoms with Crippen LogP contribution in [0.5, 0.6) is 0 Å². The van der Waals surface area contributed by atoms with Crippen LogP contribution >= 0.6 is 27.3 Å². The summed E-state index contributed by atoms with van der Waals surface area (Å²) >= 11 is 5.62. The quantitative estimate of drug-likeness (QED) is 0.777. The maximum absolute atomic E-state index is 3.76. The van der Waals surface area contributed by atoms with Crippen LogP contribution in [-0.2, 0) is 0 Å². The number of thiophene rings is 1. The highest BCUT2D eigenvalue weighted by molar-refractivity contribution is 9.10. The van der Waals surface area contributed by atoms with E-state index in [1.165, 1.54) is 43.0 Å². The third-order valence-corrected chi connectivity index (χ3v) is 5.66. The van der Waals surface area contributed by atoms with Gasteiger partial charge in [-0.3, -0.25) is 0 Å². The van der Waals surface area contributed by atoms with Crippen molar-refractivity contribution in [1.29, 1.82) is 0 Å². The first-order valence-electron chi connectivity index (χ1n) is 6.79. The van der Waals surface area contributed by atoms with Gasteiger partial charge in [0.05, 0.1) is 0 Å². The van der Waals surface area contributed by atoms with Crippen LogP contribution in [0.25, 0.3) is 0 Å². The van der Waals surface area contributed by atoms with E-state index >= 15 is 0 Å². The molecule has 0 saturated heterocycles. The molecule has 1 aromatic rings. The van der Waals surface area contributed by atoms with Crippen LogP contribution in [0.2, 0.25) is 0 Å². The van der Waals surface area contributed by atoms with Crippen molar-refractivity contribution >= 4 is 27.3 Å². The van der Waals surface area contributed by atoms with Gasteiger partial charge in [-0.25, -0.2) is 0 Å². The predicted molar refractivity (Wildman–Crippen MR) is 79.9 cm³/mol. The van der Waals surface area contributed by atoms with E-state index in [9.17, 15) is 0 Å². The molecule has 1 aliphatic carbocycles. The van der Waals surface area contributed by atoms with E-state index in [1.807, 2.05) is 11.3 Å². The molecular formula is C14H22BrNS. The van der Waals surface area contributed by atoms with Gasteiger partial charge in [0.25, 0.3) is 0 Å². The largest absolute Gasteiger partial charge is 0.313 e. The van der Waals surface area contributed by atoms with Gasteiger partial charge in [-0.1, -0.05) is 26.2 Å². The first kappa shape index (κ1) is 13.6. The van der Waals surface area contributed by atoms with E-state index in [0.717, 1.165) is 12.5 Å². The minimum atomic E-state index is 0.687. The van der Waals surface area contributed by atoms with Crippen LogP contribution in [0, 0.1) is 0 Å². The highest BCUT2D eigenvalue weighted by Crippen LogP contribution is 2.38. The molecular weight excluding hydrogens is 294 g/mol. The first-order chi connectivity index (χ1) is 8.33. The predicted octanol–water partition coefficient (Wildman–Crippen LogP) is 4.93. The normalized spacial score (nSPS) is 25.8. The highest BCUT2D eigenvalue weighted by atomic mass is 79.9. The van der Waals surface area contributed by atoms with Crippen LogP contribution in [0.1, 0.15) is 56.2 Å². The van der Waals surface area contributed by atoms with E-state index in [4.69, 9.17) is 0 Å². The smallest absolute Gasteiger partial charge is 0.0317 e. The zero-order valence-corrected chi connectivity index (χ0v) is 12.9. The molecule has 1 heterocycles. The average Bonchev–Trinajstić information content (AvgIpc) is 2.63. The summed E-state index contributed by atoms with van der Waals surface area (Å²) in [6, 6.07) is 2.88. The van der Waals surface area contributed by atoms with Crippen molar-refractivity contribution < 1.29 is 0 Å². The molecule has 1 fully saturated rings. The molecule has 0 radical (unpaired) electrons. The van der Waals surface area contributed by atoms with Crippen LogP contribution < -0.4 is 5.32 Å². The molecule has 1 saturated carbocycles. The number of nitrogens with one attached hydrogen (secondary N) is 1.